The summed E-state index contributed by atoms with van der Waals surface area (Å²) in [5, 5.41) is 20.3. The monoisotopic (exact) mass is 422 g/mol. The van der Waals surface area contributed by atoms with Crippen LogP contribution in [0.1, 0.15) is 35.1 Å². The third kappa shape index (κ3) is 3.48. The first-order chi connectivity index (χ1) is 15.1. The minimum absolute atomic E-state index is 0.0589. The molecule has 0 N–H and O–H groups in total. The quantitative estimate of drug-likeness (QED) is 0.470. The third-order valence-electron chi connectivity index (χ3n) is 5.92. The van der Waals surface area contributed by atoms with Crippen molar-refractivity contribution in [2.24, 2.45) is 0 Å². The standard InChI is InChI=1S/C21H22N6O4/c28-21(15-6-7-16(18(14-15)27(29)30)24-10-12-31-13-11-24)25-9-3-4-17(25)20-23-22-19-5-1-2-8-26(19)20/h1-2,5-8,14,17H,3-4,9-13H2/t17-/m0/s1. The number of nitrogens with zero attached hydrogens (tertiary/aromatic N) is 6. The van der Waals surface area contributed by atoms with Gasteiger partial charge in [-0.15, -0.1) is 10.2 Å². The first kappa shape index (κ1) is 19.4. The molecule has 0 spiro atoms. The molecule has 2 aliphatic rings. The number of amides is 1. The van der Waals surface area contributed by atoms with Gasteiger partial charge in [-0.05, 0) is 37.1 Å². The van der Waals surface area contributed by atoms with Gasteiger partial charge < -0.3 is 14.5 Å². The van der Waals surface area contributed by atoms with Crippen molar-refractivity contribution in [1.29, 1.82) is 0 Å². The number of hydrogen-bond donors (Lipinski definition) is 0. The first-order valence-electron chi connectivity index (χ1n) is 10.4. The largest absolute Gasteiger partial charge is 0.378 e. The maximum absolute atomic E-state index is 13.4. The van der Waals surface area contributed by atoms with Crippen LogP contribution in [0, 0.1) is 10.1 Å². The van der Waals surface area contributed by atoms with Crippen LogP contribution in [0.4, 0.5) is 11.4 Å². The van der Waals surface area contributed by atoms with Crippen LogP contribution in [0.15, 0.2) is 42.6 Å². The molecule has 10 nitrogen and oxygen atoms in total. The van der Waals surface area contributed by atoms with E-state index < -0.39 is 4.92 Å². The van der Waals surface area contributed by atoms with E-state index in [0.717, 1.165) is 18.5 Å². The molecule has 160 valence electrons. The summed E-state index contributed by atoms with van der Waals surface area (Å²) in [6.45, 7) is 2.80. The van der Waals surface area contributed by atoms with Crippen molar-refractivity contribution in [3.8, 4) is 0 Å². The van der Waals surface area contributed by atoms with Crippen molar-refractivity contribution < 1.29 is 14.5 Å². The number of morpholine rings is 1. The normalized spacial score (nSPS) is 19.2. The summed E-state index contributed by atoms with van der Waals surface area (Å²) in [5.41, 5.74) is 1.49. The van der Waals surface area contributed by atoms with Crippen LogP contribution in [-0.2, 0) is 4.74 Å². The number of nitro groups is 1. The van der Waals surface area contributed by atoms with Crippen LogP contribution in [0.5, 0.6) is 0 Å². The number of nitro benzene ring substituents is 1. The van der Waals surface area contributed by atoms with Crippen LogP contribution in [0.25, 0.3) is 5.65 Å². The highest BCUT2D eigenvalue weighted by Gasteiger charge is 2.34. The van der Waals surface area contributed by atoms with Gasteiger partial charge in [0.05, 0.1) is 24.2 Å². The Labute approximate surface area is 178 Å². The molecule has 0 bridgehead atoms. The van der Waals surface area contributed by atoms with E-state index in [1.54, 1.807) is 17.0 Å². The van der Waals surface area contributed by atoms with Crippen molar-refractivity contribution in [1.82, 2.24) is 19.5 Å². The van der Waals surface area contributed by atoms with Crippen molar-refractivity contribution in [3.05, 3.63) is 64.1 Å². The van der Waals surface area contributed by atoms with E-state index in [4.69, 9.17) is 4.74 Å². The summed E-state index contributed by atoms with van der Waals surface area (Å²) in [7, 11) is 0. The molecule has 1 aromatic carbocycles. The highest BCUT2D eigenvalue weighted by atomic mass is 16.6. The zero-order valence-corrected chi connectivity index (χ0v) is 16.9. The van der Waals surface area contributed by atoms with Crippen LogP contribution in [0.3, 0.4) is 0 Å². The number of carbonyl (C=O) groups is 1. The highest BCUT2D eigenvalue weighted by molar-refractivity contribution is 5.96. The Hall–Kier alpha value is -3.53. The molecular formula is C21H22N6O4. The number of fused-ring (bicyclic) bond motifs is 1. The maximum Gasteiger partial charge on any atom is 0.293 e. The Morgan fingerprint density at radius 3 is 2.77 bits per heavy atom. The molecule has 0 radical (unpaired) electrons. The van der Waals surface area contributed by atoms with E-state index in [0.29, 0.717) is 49.9 Å². The van der Waals surface area contributed by atoms with Gasteiger partial charge in [0.25, 0.3) is 11.6 Å². The van der Waals surface area contributed by atoms with Gasteiger partial charge in [-0.3, -0.25) is 19.3 Å². The lowest BCUT2D eigenvalue weighted by Gasteiger charge is -2.29. The van der Waals surface area contributed by atoms with E-state index in [1.807, 2.05) is 33.7 Å². The zero-order chi connectivity index (χ0) is 21.4. The summed E-state index contributed by atoms with van der Waals surface area (Å²) in [4.78, 5) is 28.4. The average molecular weight is 422 g/mol. The molecule has 3 aromatic rings. The number of hydrogen-bond acceptors (Lipinski definition) is 7. The van der Waals surface area contributed by atoms with E-state index in [1.165, 1.54) is 6.07 Å². The lowest BCUT2D eigenvalue weighted by Crippen LogP contribution is -2.36. The topological polar surface area (TPSA) is 106 Å². The molecule has 31 heavy (non-hydrogen) atoms. The summed E-state index contributed by atoms with van der Waals surface area (Å²) in [6.07, 6.45) is 3.50. The molecular weight excluding hydrogens is 400 g/mol. The first-order valence-corrected chi connectivity index (χ1v) is 10.4. The fourth-order valence-electron chi connectivity index (χ4n) is 4.41. The highest BCUT2D eigenvalue weighted by Crippen LogP contribution is 2.35. The van der Waals surface area contributed by atoms with E-state index in [2.05, 4.69) is 10.2 Å². The second kappa shape index (κ2) is 7.95. The van der Waals surface area contributed by atoms with Gasteiger partial charge >= 0.3 is 0 Å². The van der Waals surface area contributed by atoms with Crippen LogP contribution < -0.4 is 4.90 Å². The second-order valence-electron chi connectivity index (χ2n) is 7.70. The molecule has 0 unspecified atom stereocenters. The van der Waals surface area contributed by atoms with E-state index >= 15 is 0 Å². The van der Waals surface area contributed by atoms with Crippen molar-refractivity contribution in [3.63, 3.8) is 0 Å². The van der Waals surface area contributed by atoms with E-state index in [9.17, 15) is 14.9 Å². The average Bonchev–Trinajstić information content (AvgIpc) is 3.45. The molecule has 1 amide bonds. The summed E-state index contributed by atoms with van der Waals surface area (Å²) >= 11 is 0. The summed E-state index contributed by atoms with van der Waals surface area (Å²) < 4.78 is 7.23. The summed E-state index contributed by atoms with van der Waals surface area (Å²) in [5.74, 6) is 0.479. The molecule has 2 aliphatic heterocycles. The Morgan fingerprint density at radius 2 is 1.97 bits per heavy atom. The summed E-state index contributed by atoms with van der Waals surface area (Å²) in [6, 6.07) is 10.2. The molecule has 1 atom stereocenters. The molecule has 10 heteroatoms. The second-order valence-corrected chi connectivity index (χ2v) is 7.70. The number of anilines is 1. The van der Waals surface area contributed by atoms with Gasteiger partial charge in [-0.25, -0.2) is 0 Å². The van der Waals surface area contributed by atoms with Crippen LogP contribution in [-0.4, -0.2) is 63.2 Å². The minimum atomic E-state index is -0.422. The predicted molar refractivity (Wildman–Crippen MR) is 112 cm³/mol. The molecule has 4 heterocycles. The van der Waals surface area contributed by atoms with Gasteiger partial charge in [0.2, 0.25) is 0 Å². The molecule has 2 fully saturated rings. The molecule has 0 saturated carbocycles. The number of aromatic nitrogens is 3. The number of rotatable bonds is 4. The Bertz CT molecular complexity index is 1140. The predicted octanol–water partition coefficient (Wildman–Crippen LogP) is 2.45. The SMILES string of the molecule is O=C(c1ccc(N2CCOCC2)c([N+](=O)[O-])c1)N1CCC[C@H]1c1nnc2ccccn12. The van der Waals surface area contributed by atoms with E-state index in [-0.39, 0.29) is 17.6 Å². The third-order valence-corrected chi connectivity index (χ3v) is 5.92. The van der Waals surface area contributed by atoms with Crippen LogP contribution in [0.2, 0.25) is 0 Å². The zero-order valence-electron chi connectivity index (χ0n) is 16.9. The van der Waals surface area contributed by atoms with Gasteiger partial charge in [0, 0.05) is 37.5 Å². The van der Waals surface area contributed by atoms with Gasteiger partial charge in [-0.1, -0.05) is 6.07 Å². The Balaban J connectivity index is 1.46. The smallest absolute Gasteiger partial charge is 0.293 e. The van der Waals surface area contributed by atoms with Gasteiger partial charge in [-0.2, -0.15) is 0 Å². The van der Waals surface area contributed by atoms with Crippen molar-refractivity contribution in [2.45, 2.75) is 18.9 Å². The molecule has 0 aliphatic carbocycles. The fraction of sp³-hybridized carbons (Fsp3) is 0.381. The Morgan fingerprint density at radius 1 is 1.13 bits per heavy atom. The number of benzene rings is 1. The number of ether oxygens (including phenoxy) is 1. The van der Waals surface area contributed by atoms with Crippen molar-refractivity contribution >= 4 is 22.9 Å². The van der Waals surface area contributed by atoms with Gasteiger partial charge in [0.15, 0.2) is 11.5 Å². The van der Waals surface area contributed by atoms with Crippen molar-refractivity contribution in [2.75, 3.05) is 37.7 Å². The number of likely N-dealkylation sites (tertiary alicyclic amines) is 1. The molecule has 5 rings (SSSR count). The van der Waals surface area contributed by atoms with Gasteiger partial charge in [0.1, 0.15) is 5.69 Å². The number of pyridine rings is 1. The molecule has 2 saturated heterocycles. The Kier molecular flexibility index (Phi) is 4.99. The molecule has 2 aromatic heterocycles. The minimum Gasteiger partial charge on any atom is -0.378 e. The lowest BCUT2D eigenvalue weighted by molar-refractivity contribution is -0.384. The maximum atomic E-state index is 13.4. The fourth-order valence-corrected chi connectivity index (χ4v) is 4.41. The van der Waals surface area contributed by atoms with Crippen LogP contribution >= 0.6 is 0 Å². The number of carbonyl (C=O) groups excluding carboxylic acids is 1. The lowest BCUT2D eigenvalue weighted by atomic mass is 10.1.